The number of amidine groups is 1. The van der Waals surface area contributed by atoms with Gasteiger partial charge in [-0.25, -0.2) is 0 Å². The number of rotatable bonds is 4. The van der Waals surface area contributed by atoms with Crippen molar-refractivity contribution in [3.63, 3.8) is 0 Å². The van der Waals surface area contributed by atoms with E-state index in [2.05, 4.69) is 4.74 Å². The van der Waals surface area contributed by atoms with Crippen LogP contribution in [0.1, 0.15) is 20.8 Å². The van der Waals surface area contributed by atoms with E-state index < -0.39 is 11.9 Å². The van der Waals surface area contributed by atoms with E-state index in [0.29, 0.717) is 0 Å². The van der Waals surface area contributed by atoms with Crippen molar-refractivity contribution in [3.05, 3.63) is 0 Å². The Labute approximate surface area is 88.7 Å². The van der Waals surface area contributed by atoms with Crippen molar-refractivity contribution in [2.24, 2.45) is 0 Å². The predicted molar refractivity (Wildman–Crippen MR) is 53.4 cm³/mol. The van der Waals surface area contributed by atoms with Crippen molar-refractivity contribution in [2.45, 2.75) is 20.8 Å². The average Bonchev–Trinajstić information content (AvgIpc) is 2.14. The molecule has 0 saturated carbocycles. The predicted octanol–water partition coefficient (Wildman–Crippen LogP) is 0.369. The zero-order valence-corrected chi connectivity index (χ0v) is 9.20. The molecule has 0 radical (unpaired) electrons. The third kappa shape index (κ3) is 4.99. The van der Waals surface area contributed by atoms with E-state index in [1.165, 1.54) is 6.92 Å². The molecule has 1 amide bonds. The molecule has 0 fully saturated rings. The lowest BCUT2D eigenvalue weighted by molar-refractivity contribution is -0.146. The minimum absolute atomic E-state index is 0.243. The zero-order valence-electron chi connectivity index (χ0n) is 9.20. The lowest BCUT2D eigenvalue weighted by Gasteiger charge is -2.19. The van der Waals surface area contributed by atoms with E-state index in [1.54, 1.807) is 13.8 Å². The Hall–Kier alpha value is -1.59. The van der Waals surface area contributed by atoms with Crippen molar-refractivity contribution < 1.29 is 19.1 Å². The second-order valence-corrected chi connectivity index (χ2v) is 2.65. The van der Waals surface area contributed by atoms with Gasteiger partial charge >= 0.3 is 5.97 Å². The highest BCUT2D eigenvalue weighted by atomic mass is 16.5. The molecule has 0 aliphatic heterocycles. The van der Waals surface area contributed by atoms with E-state index in [0.717, 1.165) is 4.90 Å². The van der Waals surface area contributed by atoms with Crippen LogP contribution >= 0.6 is 0 Å². The van der Waals surface area contributed by atoms with Crippen LogP contribution < -0.4 is 0 Å². The summed E-state index contributed by atoms with van der Waals surface area (Å²) in [5, 5.41) is 7.38. The van der Waals surface area contributed by atoms with Gasteiger partial charge in [0.25, 0.3) is 6.02 Å². The first-order valence-electron chi connectivity index (χ1n) is 4.68. The maximum Gasteiger partial charge on any atom is 0.326 e. The molecule has 0 bridgehead atoms. The highest BCUT2D eigenvalue weighted by molar-refractivity contribution is 5.95. The van der Waals surface area contributed by atoms with Crippen molar-refractivity contribution >= 4 is 17.9 Å². The Balaban J connectivity index is 4.34. The van der Waals surface area contributed by atoms with Crippen LogP contribution in [-0.4, -0.2) is 42.6 Å². The molecule has 0 aliphatic rings. The van der Waals surface area contributed by atoms with Crippen molar-refractivity contribution in [1.29, 1.82) is 5.41 Å². The quantitative estimate of drug-likeness (QED) is 0.418. The van der Waals surface area contributed by atoms with Gasteiger partial charge in [0.05, 0.1) is 13.2 Å². The van der Waals surface area contributed by atoms with Gasteiger partial charge in [0, 0.05) is 6.92 Å². The molecular weight excluding hydrogens is 200 g/mol. The Kier molecular flexibility index (Phi) is 6.08. The summed E-state index contributed by atoms with van der Waals surface area (Å²) in [4.78, 5) is 23.1. The molecule has 0 aromatic rings. The lowest BCUT2D eigenvalue weighted by atomic mass is 10.5. The molecule has 1 N–H and O–H groups in total. The normalized spacial score (nSPS) is 9.27. The van der Waals surface area contributed by atoms with Crippen LogP contribution in [0.4, 0.5) is 0 Å². The first-order valence-corrected chi connectivity index (χ1v) is 4.68. The van der Waals surface area contributed by atoms with E-state index in [1.807, 2.05) is 0 Å². The Morgan fingerprint density at radius 3 is 2.13 bits per heavy atom. The highest BCUT2D eigenvalue weighted by Gasteiger charge is 2.19. The Morgan fingerprint density at radius 2 is 1.73 bits per heavy atom. The summed E-state index contributed by atoms with van der Waals surface area (Å²) in [6.45, 7) is 4.84. The fraction of sp³-hybridized carbons (Fsp3) is 0.667. The van der Waals surface area contributed by atoms with Crippen LogP contribution in [0.3, 0.4) is 0 Å². The molecule has 0 saturated heterocycles. The second-order valence-electron chi connectivity index (χ2n) is 2.65. The third-order valence-electron chi connectivity index (χ3n) is 1.50. The summed E-state index contributed by atoms with van der Waals surface area (Å²) in [5.74, 6) is -0.987. The van der Waals surface area contributed by atoms with E-state index in [9.17, 15) is 9.59 Å². The SMILES string of the molecule is CCOC(=N)N(CC(=O)OCC)C(C)=O. The maximum atomic E-state index is 11.1. The van der Waals surface area contributed by atoms with Gasteiger partial charge < -0.3 is 9.47 Å². The molecule has 0 unspecified atom stereocenters. The molecule has 0 spiro atoms. The van der Waals surface area contributed by atoms with Crippen LogP contribution in [-0.2, 0) is 19.1 Å². The number of esters is 1. The summed E-state index contributed by atoms with van der Waals surface area (Å²) < 4.78 is 9.49. The molecule has 6 heteroatoms. The van der Waals surface area contributed by atoms with Crippen LogP contribution in [0.2, 0.25) is 0 Å². The number of amides is 1. The van der Waals surface area contributed by atoms with Crippen molar-refractivity contribution in [1.82, 2.24) is 4.90 Å². The number of hydrogen-bond acceptors (Lipinski definition) is 5. The standard InChI is InChI=1S/C9H16N2O4/c1-4-14-8(13)6-11(7(3)12)9(10)15-5-2/h10H,4-6H2,1-3H3. The molecule has 0 rings (SSSR count). The maximum absolute atomic E-state index is 11.1. The highest BCUT2D eigenvalue weighted by Crippen LogP contribution is 1.95. The number of hydrogen-bond donors (Lipinski definition) is 1. The summed E-state index contributed by atoms with van der Waals surface area (Å²) >= 11 is 0. The molecule has 0 aromatic heterocycles. The second kappa shape index (κ2) is 6.80. The molecule has 0 aliphatic carbocycles. The minimum atomic E-state index is -0.558. The molecule has 0 atom stereocenters. The molecule has 86 valence electrons. The molecule has 0 aromatic carbocycles. The number of nitrogens with zero attached hydrogens (tertiary/aromatic N) is 1. The topological polar surface area (TPSA) is 79.7 Å². The first kappa shape index (κ1) is 13.4. The van der Waals surface area contributed by atoms with Gasteiger partial charge in [-0.3, -0.25) is 19.9 Å². The zero-order chi connectivity index (χ0) is 11.8. The summed E-state index contributed by atoms with van der Waals surface area (Å²) in [5.41, 5.74) is 0. The number of nitrogens with one attached hydrogen (secondary N) is 1. The fourth-order valence-corrected chi connectivity index (χ4v) is 0.877. The molecular formula is C9H16N2O4. The van der Waals surface area contributed by atoms with E-state index in [4.69, 9.17) is 10.1 Å². The average molecular weight is 216 g/mol. The molecule has 15 heavy (non-hydrogen) atoms. The number of carbonyl (C=O) groups excluding carboxylic acids is 2. The smallest absolute Gasteiger partial charge is 0.326 e. The summed E-state index contributed by atoms with van der Waals surface area (Å²) in [6, 6.07) is -0.335. The fourth-order valence-electron chi connectivity index (χ4n) is 0.877. The monoisotopic (exact) mass is 216 g/mol. The summed E-state index contributed by atoms with van der Waals surface area (Å²) in [6.07, 6.45) is 0. The van der Waals surface area contributed by atoms with Gasteiger partial charge in [0.1, 0.15) is 6.54 Å². The van der Waals surface area contributed by atoms with Crippen LogP contribution in [0, 0.1) is 5.41 Å². The van der Waals surface area contributed by atoms with Crippen molar-refractivity contribution in [2.75, 3.05) is 19.8 Å². The molecule has 6 nitrogen and oxygen atoms in total. The van der Waals surface area contributed by atoms with Gasteiger partial charge in [0.2, 0.25) is 5.91 Å². The molecule has 0 heterocycles. The van der Waals surface area contributed by atoms with Crippen LogP contribution in [0.15, 0.2) is 0 Å². The van der Waals surface area contributed by atoms with Gasteiger partial charge in [-0.2, -0.15) is 0 Å². The van der Waals surface area contributed by atoms with E-state index in [-0.39, 0.29) is 25.8 Å². The number of carbonyl (C=O) groups is 2. The Morgan fingerprint density at radius 1 is 1.20 bits per heavy atom. The Bertz CT molecular complexity index is 252. The minimum Gasteiger partial charge on any atom is -0.465 e. The van der Waals surface area contributed by atoms with Gasteiger partial charge in [-0.15, -0.1) is 0 Å². The van der Waals surface area contributed by atoms with Gasteiger partial charge in [-0.1, -0.05) is 0 Å². The van der Waals surface area contributed by atoms with Crippen LogP contribution in [0.5, 0.6) is 0 Å². The largest absolute Gasteiger partial charge is 0.465 e. The van der Waals surface area contributed by atoms with Gasteiger partial charge in [-0.05, 0) is 13.8 Å². The van der Waals surface area contributed by atoms with Crippen molar-refractivity contribution in [3.8, 4) is 0 Å². The third-order valence-corrected chi connectivity index (χ3v) is 1.50. The van der Waals surface area contributed by atoms with Crippen LogP contribution in [0.25, 0.3) is 0 Å². The number of ether oxygens (including phenoxy) is 2. The summed E-state index contributed by atoms with van der Waals surface area (Å²) in [7, 11) is 0. The lowest BCUT2D eigenvalue weighted by Crippen LogP contribution is -2.40. The van der Waals surface area contributed by atoms with Gasteiger partial charge in [0.15, 0.2) is 0 Å². The van der Waals surface area contributed by atoms with E-state index >= 15 is 0 Å². The first-order chi connectivity index (χ1) is 7.02.